The highest BCUT2D eigenvalue weighted by molar-refractivity contribution is 5.90. The van der Waals surface area contributed by atoms with Crippen LogP contribution in [0.1, 0.15) is 0 Å². The van der Waals surface area contributed by atoms with Gasteiger partial charge in [0.25, 0.3) is 0 Å². The van der Waals surface area contributed by atoms with E-state index in [1.54, 1.807) is 30.6 Å². The van der Waals surface area contributed by atoms with Crippen molar-refractivity contribution in [3.63, 3.8) is 0 Å². The van der Waals surface area contributed by atoms with Crippen molar-refractivity contribution in [2.45, 2.75) is 0 Å². The second-order valence-corrected chi connectivity index (χ2v) is 4.59. The fourth-order valence-electron chi connectivity index (χ4n) is 2.31. The molecule has 0 amide bonds. The molecule has 0 N–H and O–H groups in total. The Morgan fingerprint density at radius 1 is 1.09 bits per heavy atom. The highest BCUT2D eigenvalue weighted by Gasteiger charge is 2.21. The van der Waals surface area contributed by atoms with Crippen LogP contribution in [-0.4, -0.2) is 31.3 Å². The van der Waals surface area contributed by atoms with Crippen LogP contribution in [0, 0.1) is 0 Å². The van der Waals surface area contributed by atoms with Crippen molar-refractivity contribution in [1.29, 1.82) is 0 Å². The van der Waals surface area contributed by atoms with Gasteiger partial charge in [0.1, 0.15) is 5.39 Å². The van der Waals surface area contributed by atoms with Gasteiger partial charge < -0.3 is 18.6 Å². The predicted molar refractivity (Wildman–Crippen MR) is 83.2 cm³/mol. The largest absolute Gasteiger partial charge is 0.493 e. The van der Waals surface area contributed by atoms with Crippen molar-refractivity contribution >= 4 is 10.9 Å². The first kappa shape index (κ1) is 14.8. The zero-order valence-corrected chi connectivity index (χ0v) is 12.8. The summed E-state index contributed by atoms with van der Waals surface area (Å²) >= 11 is 0. The molecule has 7 heteroatoms. The van der Waals surface area contributed by atoms with Crippen molar-refractivity contribution in [3.8, 4) is 28.7 Å². The number of hydrogen-bond acceptors (Lipinski definition) is 7. The second-order valence-electron chi connectivity index (χ2n) is 4.59. The average molecular weight is 314 g/mol. The number of benzene rings is 1. The number of hydrogen-bond donors (Lipinski definition) is 0. The molecule has 0 atom stereocenters. The Bertz CT molecular complexity index is 906. The minimum absolute atomic E-state index is 0.171. The smallest absolute Gasteiger partial charge is 0.351 e. The van der Waals surface area contributed by atoms with E-state index in [1.165, 1.54) is 21.3 Å². The van der Waals surface area contributed by atoms with Crippen LogP contribution in [0.4, 0.5) is 0 Å². The molecule has 0 saturated heterocycles. The summed E-state index contributed by atoms with van der Waals surface area (Å²) in [5.74, 6) is 1.11. The summed E-state index contributed by atoms with van der Waals surface area (Å²) in [7, 11) is 4.40. The van der Waals surface area contributed by atoms with Crippen LogP contribution >= 0.6 is 0 Å². The lowest BCUT2D eigenvalue weighted by Crippen LogP contribution is -2.07. The quantitative estimate of drug-likeness (QED) is 0.730. The van der Waals surface area contributed by atoms with Gasteiger partial charge in [0, 0.05) is 18.5 Å². The highest BCUT2D eigenvalue weighted by atomic mass is 16.5. The van der Waals surface area contributed by atoms with Crippen LogP contribution in [-0.2, 0) is 0 Å². The first-order valence-electron chi connectivity index (χ1n) is 6.73. The van der Waals surface area contributed by atoms with Crippen LogP contribution in [0.3, 0.4) is 0 Å². The maximum absolute atomic E-state index is 12.4. The normalized spacial score (nSPS) is 10.6. The zero-order valence-electron chi connectivity index (χ0n) is 12.8. The second kappa shape index (κ2) is 5.96. The molecule has 0 saturated carbocycles. The molecule has 0 fully saturated rings. The van der Waals surface area contributed by atoms with Crippen molar-refractivity contribution < 1.29 is 18.6 Å². The molecule has 2 aromatic heterocycles. The Balaban J connectivity index is 2.36. The molecule has 0 radical (unpaired) electrons. The minimum Gasteiger partial charge on any atom is -0.493 e. The number of ether oxygens (including phenoxy) is 3. The first-order valence-corrected chi connectivity index (χ1v) is 6.73. The van der Waals surface area contributed by atoms with E-state index < -0.39 is 5.63 Å². The SMILES string of the molecule is COc1cc2nc(-c3cccnc3)oc(=O)c2c(OC)c1OC. The lowest BCUT2D eigenvalue weighted by Gasteiger charge is -2.13. The molecular weight excluding hydrogens is 300 g/mol. The molecule has 7 nitrogen and oxygen atoms in total. The van der Waals surface area contributed by atoms with Gasteiger partial charge in [-0.15, -0.1) is 0 Å². The van der Waals surface area contributed by atoms with Gasteiger partial charge in [0.15, 0.2) is 11.5 Å². The van der Waals surface area contributed by atoms with E-state index in [4.69, 9.17) is 18.6 Å². The average Bonchev–Trinajstić information content (AvgIpc) is 2.60. The summed E-state index contributed by atoms with van der Waals surface area (Å²) in [6.45, 7) is 0. The summed E-state index contributed by atoms with van der Waals surface area (Å²) in [5, 5.41) is 0.192. The van der Waals surface area contributed by atoms with E-state index >= 15 is 0 Å². The Kier molecular flexibility index (Phi) is 3.84. The molecule has 0 bridgehead atoms. The van der Waals surface area contributed by atoms with Gasteiger partial charge in [-0.2, -0.15) is 0 Å². The fourth-order valence-corrected chi connectivity index (χ4v) is 2.31. The number of pyridine rings is 1. The van der Waals surface area contributed by atoms with Crippen LogP contribution < -0.4 is 19.8 Å². The Morgan fingerprint density at radius 3 is 2.48 bits per heavy atom. The molecule has 0 unspecified atom stereocenters. The molecule has 0 aliphatic rings. The van der Waals surface area contributed by atoms with Gasteiger partial charge in [-0.25, -0.2) is 9.78 Å². The maximum atomic E-state index is 12.4. The summed E-state index contributed by atoms with van der Waals surface area (Å²) < 4.78 is 21.2. The van der Waals surface area contributed by atoms with E-state index in [0.717, 1.165) is 0 Å². The van der Waals surface area contributed by atoms with Crippen molar-refractivity contribution in [2.75, 3.05) is 21.3 Å². The Labute approximate surface area is 131 Å². The van der Waals surface area contributed by atoms with Crippen molar-refractivity contribution in [1.82, 2.24) is 9.97 Å². The highest BCUT2D eigenvalue weighted by Crippen LogP contribution is 2.41. The van der Waals surface area contributed by atoms with Gasteiger partial charge in [-0.05, 0) is 12.1 Å². The summed E-state index contributed by atoms with van der Waals surface area (Å²) in [6, 6.07) is 5.09. The summed E-state index contributed by atoms with van der Waals surface area (Å²) in [4.78, 5) is 20.8. The van der Waals surface area contributed by atoms with Crippen molar-refractivity contribution in [3.05, 3.63) is 41.0 Å². The zero-order chi connectivity index (χ0) is 16.4. The predicted octanol–water partition coefficient (Wildman–Crippen LogP) is 2.28. The molecule has 0 aliphatic carbocycles. The van der Waals surface area contributed by atoms with Gasteiger partial charge in [-0.1, -0.05) is 0 Å². The van der Waals surface area contributed by atoms with Crippen LogP contribution in [0.25, 0.3) is 22.4 Å². The number of methoxy groups -OCH3 is 3. The standard InChI is InChI=1S/C16H14N2O5/c1-20-11-7-10-12(14(22-3)13(11)21-2)16(19)23-15(18-10)9-5-4-6-17-8-9/h4-8H,1-3H3. The Hall–Kier alpha value is -3.09. The van der Waals surface area contributed by atoms with Crippen LogP contribution in [0.2, 0.25) is 0 Å². The lowest BCUT2D eigenvalue weighted by molar-refractivity contribution is 0.326. The monoisotopic (exact) mass is 314 g/mol. The van der Waals surface area contributed by atoms with Crippen LogP contribution in [0.15, 0.2) is 39.8 Å². The molecule has 0 aliphatic heterocycles. The Morgan fingerprint density at radius 2 is 1.87 bits per heavy atom. The molecule has 3 aromatic rings. The van der Waals surface area contributed by atoms with E-state index in [9.17, 15) is 4.79 Å². The minimum atomic E-state index is -0.577. The van der Waals surface area contributed by atoms with Crippen LogP contribution in [0.5, 0.6) is 17.2 Å². The van der Waals surface area contributed by atoms with Gasteiger partial charge in [0.05, 0.1) is 32.4 Å². The summed E-state index contributed by atoms with van der Waals surface area (Å²) in [6.07, 6.45) is 3.19. The molecule has 118 valence electrons. The molecule has 2 heterocycles. The molecule has 1 aromatic carbocycles. The third-order valence-electron chi connectivity index (χ3n) is 3.33. The summed E-state index contributed by atoms with van der Waals surface area (Å²) in [5.41, 5.74) is 0.404. The maximum Gasteiger partial charge on any atom is 0.351 e. The number of nitrogens with zero attached hydrogens (tertiary/aromatic N) is 2. The third kappa shape index (κ3) is 2.46. The topological polar surface area (TPSA) is 83.7 Å². The molecule has 0 spiro atoms. The number of fused-ring (bicyclic) bond motifs is 1. The van der Waals surface area contributed by atoms with Gasteiger partial charge in [-0.3, -0.25) is 4.98 Å². The van der Waals surface area contributed by atoms with Gasteiger partial charge in [0.2, 0.25) is 11.6 Å². The first-order chi connectivity index (χ1) is 11.2. The van der Waals surface area contributed by atoms with E-state index in [-0.39, 0.29) is 17.0 Å². The third-order valence-corrected chi connectivity index (χ3v) is 3.33. The number of aromatic nitrogens is 2. The molecular formula is C16H14N2O5. The van der Waals surface area contributed by atoms with E-state index in [0.29, 0.717) is 22.6 Å². The fraction of sp³-hybridized carbons (Fsp3) is 0.188. The molecule has 23 heavy (non-hydrogen) atoms. The number of rotatable bonds is 4. The molecule has 3 rings (SSSR count). The van der Waals surface area contributed by atoms with E-state index in [1.807, 2.05) is 0 Å². The van der Waals surface area contributed by atoms with Gasteiger partial charge >= 0.3 is 5.63 Å². The van der Waals surface area contributed by atoms with E-state index in [2.05, 4.69) is 9.97 Å². The lowest BCUT2D eigenvalue weighted by atomic mass is 10.2. The van der Waals surface area contributed by atoms with Crippen molar-refractivity contribution in [2.24, 2.45) is 0 Å².